The van der Waals surface area contributed by atoms with Crippen LogP contribution in [0.15, 0.2) is 54.9 Å². The number of rotatable bonds is 3. The van der Waals surface area contributed by atoms with E-state index in [1.807, 2.05) is 42.7 Å². The summed E-state index contributed by atoms with van der Waals surface area (Å²) in [4.78, 5) is 0. The highest BCUT2D eigenvalue weighted by Crippen LogP contribution is 2.12. The first-order valence-electron chi connectivity index (χ1n) is 4.91. The van der Waals surface area contributed by atoms with E-state index >= 15 is 0 Å². The van der Waals surface area contributed by atoms with Crippen molar-refractivity contribution in [3.05, 3.63) is 60.4 Å². The zero-order chi connectivity index (χ0) is 10.5. The molecule has 15 heavy (non-hydrogen) atoms. The minimum absolute atomic E-state index is 0.304. The monoisotopic (exact) mass is 199 g/mol. The van der Waals surface area contributed by atoms with Crippen LogP contribution in [0.3, 0.4) is 0 Å². The Hall–Kier alpha value is -1.96. The molecule has 0 saturated carbocycles. The van der Waals surface area contributed by atoms with Gasteiger partial charge in [0.25, 0.3) is 0 Å². The van der Waals surface area contributed by atoms with E-state index in [-0.39, 0.29) is 0 Å². The topological polar surface area (TPSA) is 25.2 Å². The van der Waals surface area contributed by atoms with Crippen LogP contribution in [0.1, 0.15) is 5.56 Å². The standard InChI is InChI=1S/C13H13NO/c15-13-7-3-5-12(11-13)6-4-10-14-8-1-2-9-14/h1-9,11,15H,10H2/b6-4+. The lowest BCUT2D eigenvalue weighted by Crippen LogP contribution is -1.88. The second-order valence-corrected chi connectivity index (χ2v) is 3.38. The van der Waals surface area contributed by atoms with E-state index in [0.29, 0.717) is 5.75 Å². The van der Waals surface area contributed by atoms with Gasteiger partial charge in [-0.15, -0.1) is 0 Å². The third-order valence-corrected chi connectivity index (χ3v) is 2.16. The highest BCUT2D eigenvalue weighted by atomic mass is 16.3. The van der Waals surface area contributed by atoms with E-state index in [0.717, 1.165) is 12.1 Å². The van der Waals surface area contributed by atoms with Crippen LogP contribution in [-0.2, 0) is 6.54 Å². The van der Waals surface area contributed by atoms with Crippen molar-refractivity contribution in [2.45, 2.75) is 6.54 Å². The Balaban J connectivity index is 2.00. The molecule has 0 saturated heterocycles. The van der Waals surface area contributed by atoms with Gasteiger partial charge in [-0.2, -0.15) is 0 Å². The average Bonchev–Trinajstić information content (AvgIpc) is 2.71. The van der Waals surface area contributed by atoms with Crippen LogP contribution in [0.4, 0.5) is 0 Å². The number of benzene rings is 1. The number of aromatic nitrogens is 1. The smallest absolute Gasteiger partial charge is 0.116 e. The highest BCUT2D eigenvalue weighted by molar-refractivity contribution is 5.51. The zero-order valence-corrected chi connectivity index (χ0v) is 8.38. The van der Waals surface area contributed by atoms with Gasteiger partial charge in [0.2, 0.25) is 0 Å². The summed E-state index contributed by atoms with van der Waals surface area (Å²) in [6, 6.07) is 11.2. The summed E-state index contributed by atoms with van der Waals surface area (Å²) in [5.74, 6) is 0.304. The highest BCUT2D eigenvalue weighted by Gasteiger charge is 1.88. The molecule has 2 nitrogen and oxygen atoms in total. The van der Waals surface area contributed by atoms with Crippen molar-refractivity contribution in [2.75, 3.05) is 0 Å². The van der Waals surface area contributed by atoms with Gasteiger partial charge in [0, 0.05) is 18.9 Å². The Morgan fingerprint density at radius 3 is 2.67 bits per heavy atom. The molecule has 0 atom stereocenters. The minimum atomic E-state index is 0.304. The minimum Gasteiger partial charge on any atom is -0.508 e. The summed E-state index contributed by atoms with van der Waals surface area (Å²) in [6.45, 7) is 0.850. The number of phenolic OH excluding ortho intramolecular Hbond substituents is 1. The third kappa shape index (κ3) is 2.74. The predicted molar refractivity (Wildman–Crippen MR) is 61.6 cm³/mol. The molecule has 2 aromatic rings. The molecular weight excluding hydrogens is 186 g/mol. The van der Waals surface area contributed by atoms with E-state index in [9.17, 15) is 5.11 Å². The van der Waals surface area contributed by atoms with E-state index in [4.69, 9.17) is 0 Å². The molecule has 2 rings (SSSR count). The summed E-state index contributed by atoms with van der Waals surface area (Å²) >= 11 is 0. The molecule has 0 radical (unpaired) electrons. The zero-order valence-electron chi connectivity index (χ0n) is 8.38. The molecule has 2 heteroatoms. The van der Waals surface area contributed by atoms with Crippen LogP contribution < -0.4 is 0 Å². The van der Waals surface area contributed by atoms with Crippen LogP contribution >= 0.6 is 0 Å². The van der Waals surface area contributed by atoms with Crippen molar-refractivity contribution in [3.8, 4) is 5.75 Å². The Bertz CT molecular complexity index is 443. The molecule has 0 aliphatic heterocycles. The Morgan fingerprint density at radius 2 is 1.93 bits per heavy atom. The van der Waals surface area contributed by atoms with E-state index in [2.05, 4.69) is 10.6 Å². The SMILES string of the molecule is Oc1cccc(/C=C/Cn2cccc2)c1. The fraction of sp³-hybridized carbons (Fsp3) is 0.0769. The fourth-order valence-corrected chi connectivity index (χ4v) is 1.43. The number of allylic oxidation sites excluding steroid dienone is 1. The number of phenols is 1. The van der Waals surface area contributed by atoms with Crippen LogP contribution in [0.2, 0.25) is 0 Å². The summed E-state index contributed by atoms with van der Waals surface area (Å²) in [6.07, 6.45) is 8.11. The van der Waals surface area contributed by atoms with Crippen molar-refractivity contribution >= 4 is 6.08 Å². The lowest BCUT2D eigenvalue weighted by Gasteiger charge is -1.97. The molecule has 1 aromatic carbocycles. The average molecular weight is 199 g/mol. The Kier molecular flexibility index (Phi) is 2.88. The first kappa shape index (κ1) is 9.59. The molecular formula is C13H13NO. The summed E-state index contributed by atoms with van der Waals surface area (Å²) < 4.78 is 2.08. The molecule has 0 spiro atoms. The predicted octanol–water partition coefficient (Wildman–Crippen LogP) is 2.91. The molecule has 0 unspecified atom stereocenters. The van der Waals surface area contributed by atoms with Crippen molar-refractivity contribution in [1.82, 2.24) is 4.57 Å². The van der Waals surface area contributed by atoms with Gasteiger partial charge in [0.05, 0.1) is 0 Å². The second kappa shape index (κ2) is 4.51. The lowest BCUT2D eigenvalue weighted by molar-refractivity contribution is 0.475. The maximum Gasteiger partial charge on any atom is 0.116 e. The summed E-state index contributed by atoms with van der Waals surface area (Å²) in [5, 5.41) is 9.26. The number of aromatic hydroxyl groups is 1. The van der Waals surface area contributed by atoms with Gasteiger partial charge in [-0.1, -0.05) is 24.3 Å². The van der Waals surface area contributed by atoms with Crippen LogP contribution in [-0.4, -0.2) is 9.67 Å². The first-order chi connectivity index (χ1) is 7.34. The van der Waals surface area contributed by atoms with Crippen molar-refractivity contribution in [2.24, 2.45) is 0 Å². The van der Waals surface area contributed by atoms with E-state index in [1.165, 1.54) is 0 Å². The van der Waals surface area contributed by atoms with Crippen molar-refractivity contribution < 1.29 is 5.11 Å². The quantitative estimate of drug-likeness (QED) is 0.807. The molecule has 0 bridgehead atoms. The van der Waals surface area contributed by atoms with Gasteiger partial charge in [0.15, 0.2) is 0 Å². The molecule has 0 aliphatic rings. The largest absolute Gasteiger partial charge is 0.508 e. The number of hydrogen-bond donors (Lipinski definition) is 1. The second-order valence-electron chi connectivity index (χ2n) is 3.38. The van der Waals surface area contributed by atoms with Gasteiger partial charge in [-0.25, -0.2) is 0 Å². The van der Waals surface area contributed by atoms with Gasteiger partial charge in [-0.05, 0) is 29.8 Å². The third-order valence-electron chi connectivity index (χ3n) is 2.16. The van der Waals surface area contributed by atoms with Gasteiger partial charge < -0.3 is 9.67 Å². The van der Waals surface area contributed by atoms with Crippen LogP contribution in [0, 0.1) is 0 Å². The Labute approximate surface area is 89.1 Å². The lowest BCUT2D eigenvalue weighted by atomic mass is 10.2. The van der Waals surface area contributed by atoms with Crippen LogP contribution in [0.5, 0.6) is 5.75 Å². The maximum atomic E-state index is 9.26. The van der Waals surface area contributed by atoms with Gasteiger partial charge in [0.1, 0.15) is 5.75 Å². The summed E-state index contributed by atoms with van der Waals surface area (Å²) in [7, 11) is 0. The number of hydrogen-bond acceptors (Lipinski definition) is 1. The van der Waals surface area contributed by atoms with E-state index in [1.54, 1.807) is 12.1 Å². The van der Waals surface area contributed by atoms with E-state index < -0.39 is 0 Å². The fourth-order valence-electron chi connectivity index (χ4n) is 1.43. The molecule has 0 amide bonds. The number of nitrogens with zero attached hydrogens (tertiary/aromatic N) is 1. The summed E-state index contributed by atoms with van der Waals surface area (Å²) in [5.41, 5.74) is 1.02. The van der Waals surface area contributed by atoms with Crippen LogP contribution in [0.25, 0.3) is 6.08 Å². The molecule has 0 fully saturated rings. The maximum absolute atomic E-state index is 9.26. The van der Waals surface area contributed by atoms with Crippen molar-refractivity contribution in [3.63, 3.8) is 0 Å². The van der Waals surface area contributed by atoms with Gasteiger partial charge >= 0.3 is 0 Å². The molecule has 0 aliphatic carbocycles. The van der Waals surface area contributed by atoms with Gasteiger partial charge in [-0.3, -0.25) is 0 Å². The molecule has 76 valence electrons. The normalized spacial score (nSPS) is 10.9. The van der Waals surface area contributed by atoms with Crippen molar-refractivity contribution in [1.29, 1.82) is 0 Å². The first-order valence-corrected chi connectivity index (χ1v) is 4.91. The molecule has 1 heterocycles. The Morgan fingerprint density at radius 1 is 1.13 bits per heavy atom. The molecule has 1 aromatic heterocycles. The molecule has 1 N–H and O–H groups in total.